The summed E-state index contributed by atoms with van der Waals surface area (Å²) in [4.78, 5) is 24.4. The molecule has 0 fully saturated rings. The Morgan fingerprint density at radius 1 is 1.19 bits per heavy atom. The molecule has 0 bridgehead atoms. The molecule has 2 aromatic carbocycles. The average Bonchev–Trinajstić information content (AvgIpc) is 2.84. The third-order valence-electron chi connectivity index (χ3n) is 5.05. The quantitative estimate of drug-likeness (QED) is 0.158. The monoisotopic (exact) mass is 536 g/mol. The van der Waals surface area contributed by atoms with Crippen LogP contribution in [0.4, 0.5) is 4.79 Å². The van der Waals surface area contributed by atoms with Crippen LogP contribution in [0, 0.1) is 0 Å². The number of benzene rings is 2. The van der Waals surface area contributed by atoms with Crippen molar-refractivity contribution in [2.45, 2.75) is 26.1 Å². The molecular weight excluding hydrogens is 511 g/mol. The van der Waals surface area contributed by atoms with Crippen molar-refractivity contribution in [2.75, 3.05) is 20.3 Å². The van der Waals surface area contributed by atoms with Gasteiger partial charge in [-0.25, -0.2) is 9.59 Å². The molecule has 0 unspecified atom stereocenters. The van der Waals surface area contributed by atoms with Gasteiger partial charge in [-0.05, 0) is 49.2 Å². The van der Waals surface area contributed by atoms with Crippen LogP contribution in [-0.2, 0) is 9.53 Å². The average molecular weight is 537 g/mol. The van der Waals surface area contributed by atoms with Crippen LogP contribution in [0.2, 0.25) is 10.0 Å². The summed E-state index contributed by atoms with van der Waals surface area (Å²) in [5, 5.41) is 20.3. The van der Waals surface area contributed by atoms with Gasteiger partial charge in [0.15, 0.2) is 17.7 Å². The van der Waals surface area contributed by atoms with Crippen molar-refractivity contribution in [3.63, 3.8) is 0 Å². The molecule has 0 aliphatic carbocycles. The number of ether oxygens (including phenoxy) is 3. The number of carbonyl (C=O) groups excluding carboxylic acids is 2. The molecule has 2 amide bonds. The lowest BCUT2D eigenvalue weighted by Crippen LogP contribution is -2.45. The second-order valence-electron chi connectivity index (χ2n) is 7.59. The van der Waals surface area contributed by atoms with Crippen molar-refractivity contribution in [1.82, 2.24) is 16.1 Å². The van der Waals surface area contributed by atoms with Crippen molar-refractivity contribution < 1.29 is 28.9 Å². The molecule has 2 atom stereocenters. The molecule has 192 valence electrons. The molecule has 1 heterocycles. The number of esters is 1. The Morgan fingerprint density at radius 3 is 2.67 bits per heavy atom. The number of nitrogens with zero attached hydrogens (tertiary/aromatic N) is 1. The molecule has 10 nitrogen and oxygen atoms in total. The Hall–Kier alpha value is -3.47. The minimum Gasteiger partial charge on any atom is -0.490 e. The highest BCUT2D eigenvalue weighted by atomic mass is 35.5. The maximum atomic E-state index is 12.3. The number of carbonyl (C=O) groups is 2. The van der Waals surface area contributed by atoms with Gasteiger partial charge in [-0.15, -0.1) is 0 Å². The SMILES string of the molecule is CCOc1cc([C@H]2NC(=O)NC(C)=C2C(=O)OC)ccc1OC[C@@H](O)N/N=C\c1ccc(Cl)c(Cl)c1. The fourth-order valence-electron chi connectivity index (χ4n) is 3.41. The second-order valence-corrected chi connectivity index (χ2v) is 8.40. The van der Waals surface area contributed by atoms with Crippen LogP contribution in [0.15, 0.2) is 52.8 Å². The molecule has 1 aliphatic rings. The largest absolute Gasteiger partial charge is 0.490 e. The van der Waals surface area contributed by atoms with E-state index in [1.54, 1.807) is 50.2 Å². The molecule has 0 saturated carbocycles. The molecule has 3 rings (SSSR count). The molecule has 12 heteroatoms. The van der Waals surface area contributed by atoms with E-state index in [4.69, 9.17) is 37.4 Å². The van der Waals surface area contributed by atoms with E-state index < -0.39 is 24.3 Å². The summed E-state index contributed by atoms with van der Waals surface area (Å²) in [6, 6.07) is 8.79. The van der Waals surface area contributed by atoms with Gasteiger partial charge in [0.1, 0.15) is 6.61 Å². The van der Waals surface area contributed by atoms with Crippen molar-refractivity contribution in [1.29, 1.82) is 0 Å². The van der Waals surface area contributed by atoms with Crippen LogP contribution in [0.1, 0.15) is 31.0 Å². The Labute approximate surface area is 218 Å². The lowest BCUT2D eigenvalue weighted by molar-refractivity contribution is -0.136. The van der Waals surface area contributed by atoms with Crippen LogP contribution in [0.5, 0.6) is 11.5 Å². The van der Waals surface area contributed by atoms with Crippen LogP contribution >= 0.6 is 23.2 Å². The van der Waals surface area contributed by atoms with Gasteiger partial charge in [0.05, 0.1) is 41.6 Å². The second kappa shape index (κ2) is 12.5. The van der Waals surface area contributed by atoms with Crippen LogP contribution in [-0.4, -0.2) is 49.9 Å². The van der Waals surface area contributed by atoms with Crippen molar-refractivity contribution in [3.8, 4) is 11.5 Å². The molecule has 2 aromatic rings. The molecule has 0 radical (unpaired) electrons. The fourth-order valence-corrected chi connectivity index (χ4v) is 3.72. The predicted molar refractivity (Wildman–Crippen MR) is 135 cm³/mol. The molecule has 36 heavy (non-hydrogen) atoms. The lowest BCUT2D eigenvalue weighted by atomic mass is 9.95. The summed E-state index contributed by atoms with van der Waals surface area (Å²) in [6.07, 6.45) is 0.353. The first-order valence-corrected chi connectivity index (χ1v) is 11.7. The maximum Gasteiger partial charge on any atom is 0.337 e. The number of hydrogen-bond acceptors (Lipinski definition) is 8. The lowest BCUT2D eigenvalue weighted by Gasteiger charge is -2.28. The van der Waals surface area contributed by atoms with Crippen LogP contribution in [0.25, 0.3) is 0 Å². The summed E-state index contributed by atoms with van der Waals surface area (Å²) in [5.74, 6) is 0.158. The molecular formula is C24H26Cl2N4O6. The summed E-state index contributed by atoms with van der Waals surface area (Å²) in [6.45, 7) is 3.62. The fraction of sp³-hybridized carbons (Fsp3) is 0.292. The highest BCUT2D eigenvalue weighted by molar-refractivity contribution is 6.42. The zero-order valence-electron chi connectivity index (χ0n) is 19.8. The van der Waals surface area contributed by atoms with E-state index >= 15 is 0 Å². The Balaban J connectivity index is 1.70. The zero-order valence-corrected chi connectivity index (χ0v) is 21.3. The van der Waals surface area contributed by atoms with Gasteiger partial charge in [-0.3, -0.25) is 5.43 Å². The van der Waals surface area contributed by atoms with Gasteiger partial charge in [-0.2, -0.15) is 5.10 Å². The van der Waals surface area contributed by atoms with E-state index in [-0.39, 0.29) is 12.2 Å². The predicted octanol–water partition coefficient (Wildman–Crippen LogP) is 3.51. The van der Waals surface area contributed by atoms with Gasteiger partial charge < -0.3 is 30.0 Å². The first-order valence-electron chi connectivity index (χ1n) is 10.9. The summed E-state index contributed by atoms with van der Waals surface area (Å²) in [7, 11) is 1.27. The summed E-state index contributed by atoms with van der Waals surface area (Å²) in [5.41, 5.74) is 4.50. The molecule has 0 aromatic heterocycles. The van der Waals surface area contributed by atoms with Gasteiger partial charge in [0.25, 0.3) is 0 Å². The first-order chi connectivity index (χ1) is 17.2. The Morgan fingerprint density at radius 2 is 1.97 bits per heavy atom. The third-order valence-corrected chi connectivity index (χ3v) is 5.79. The van der Waals surface area contributed by atoms with E-state index in [0.717, 1.165) is 0 Å². The standard InChI is InChI=1S/C24H26Cl2N4O6/c1-4-35-19-10-15(22-21(23(32)34-3)13(2)28-24(33)29-22)6-8-18(19)36-12-20(31)30-27-11-14-5-7-16(25)17(26)9-14/h5-11,20,22,30-31H,4,12H2,1-3H3,(H2,28,29,33)/b27-11-/t20-,22-/m1/s1. The number of halogens is 2. The highest BCUT2D eigenvalue weighted by Crippen LogP contribution is 2.35. The number of hydrogen-bond donors (Lipinski definition) is 4. The number of aliphatic hydroxyl groups is 1. The summed E-state index contributed by atoms with van der Waals surface area (Å²) < 4.78 is 16.3. The van der Waals surface area contributed by atoms with Crippen molar-refractivity contribution in [2.24, 2.45) is 5.10 Å². The third kappa shape index (κ3) is 6.81. The zero-order chi connectivity index (χ0) is 26.2. The number of methoxy groups -OCH3 is 1. The molecule has 0 spiro atoms. The van der Waals surface area contributed by atoms with Gasteiger partial charge in [0.2, 0.25) is 0 Å². The Bertz CT molecular complexity index is 1190. The minimum atomic E-state index is -1.13. The van der Waals surface area contributed by atoms with Gasteiger partial charge in [-0.1, -0.05) is 35.3 Å². The van der Waals surface area contributed by atoms with Crippen LogP contribution in [0.3, 0.4) is 0 Å². The van der Waals surface area contributed by atoms with Gasteiger partial charge in [0, 0.05) is 5.70 Å². The normalized spacial score (nSPS) is 16.3. The number of allylic oxidation sites excluding steroid dienone is 1. The highest BCUT2D eigenvalue weighted by Gasteiger charge is 2.32. The van der Waals surface area contributed by atoms with Crippen molar-refractivity contribution >= 4 is 41.4 Å². The molecule has 1 aliphatic heterocycles. The Kier molecular flexibility index (Phi) is 9.40. The van der Waals surface area contributed by atoms with E-state index in [9.17, 15) is 14.7 Å². The van der Waals surface area contributed by atoms with E-state index in [2.05, 4.69) is 21.2 Å². The van der Waals surface area contributed by atoms with E-state index in [1.807, 2.05) is 0 Å². The first kappa shape index (κ1) is 27.1. The summed E-state index contributed by atoms with van der Waals surface area (Å²) >= 11 is 11.9. The smallest absolute Gasteiger partial charge is 0.337 e. The van der Waals surface area contributed by atoms with Gasteiger partial charge >= 0.3 is 12.0 Å². The number of rotatable bonds is 10. The van der Waals surface area contributed by atoms with E-state index in [0.29, 0.717) is 45.0 Å². The number of nitrogens with one attached hydrogen (secondary N) is 3. The topological polar surface area (TPSA) is 131 Å². The number of aliphatic hydroxyl groups excluding tert-OH is 1. The molecule has 4 N–H and O–H groups in total. The van der Waals surface area contributed by atoms with E-state index in [1.165, 1.54) is 13.3 Å². The molecule has 0 saturated heterocycles. The number of hydrazone groups is 1. The van der Waals surface area contributed by atoms with Crippen molar-refractivity contribution in [3.05, 3.63) is 68.8 Å². The maximum absolute atomic E-state index is 12.3. The minimum absolute atomic E-state index is 0.144. The number of amides is 2. The van der Waals surface area contributed by atoms with Crippen LogP contribution < -0.4 is 25.5 Å². The number of urea groups is 1.